The molecule has 1 aliphatic rings. The molecule has 1 aromatic heterocycles. The van der Waals surface area contributed by atoms with Crippen molar-refractivity contribution in [3.63, 3.8) is 0 Å². The van der Waals surface area contributed by atoms with Crippen LogP contribution in [0.2, 0.25) is 5.02 Å². The Morgan fingerprint density at radius 2 is 1.88 bits per heavy atom. The predicted octanol–water partition coefficient (Wildman–Crippen LogP) is 2.98. The Morgan fingerprint density at radius 1 is 1.15 bits per heavy atom. The van der Waals surface area contributed by atoms with Crippen molar-refractivity contribution in [3.05, 3.63) is 65.2 Å². The molecular weight excluding hydrogens is 352 g/mol. The number of benzene rings is 2. The molecule has 4 rings (SSSR count). The predicted molar refractivity (Wildman–Crippen MR) is 99.1 cm³/mol. The van der Waals surface area contributed by atoms with Crippen molar-refractivity contribution in [1.82, 2.24) is 20.2 Å². The summed E-state index contributed by atoms with van der Waals surface area (Å²) in [6.45, 7) is 1.95. The number of nitrogens with one attached hydrogen (secondary N) is 2. The lowest BCUT2D eigenvalue weighted by Crippen LogP contribution is -2.46. The molecule has 0 unspecified atom stereocenters. The minimum atomic E-state index is -0.410. The number of rotatable bonds is 3. The van der Waals surface area contributed by atoms with E-state index in [4.69, 9.17) is 11.6 Å². The third-order valence-electron chi connectivity index (χ3n) is 4.55. The fraction of sp³-hybridized carbons (Fsp3) is 0.222. The molecule has 1 amide bonds. The summed E-state index contributed by atoms with van der Waals surface area (Å²) in [6.07, 6.45) is 0. The fourth-order valence-electron chi connectivity index (χ4n) is 3.32. The molecule has 3 atom stereocenters. The topological polar surface area (TPSA) is 84.7 Å². The first kappa shape index (κ1) is 16.5. The smallest absolute Gasteiger partial charge is 0.243 e. The van der Waals surface area contributed by atoms with Crippen LogP contribution in [0.1, 0.15) is 18.5 Å². The van der Waals surface area contributed by atoms with E-state index < -0.39 is 5.92 Å². The highest BCUT2D eigenvalue weighted by atomic mass is 35.5. The standard InChI is InChI=1S/C18H17ClN6O/c1-11-15(17(26)21-14-5-3-2-4-6-14)16(12-7-9-13(19)10-8-12)25-18(20-11)22-23-24-25/h2-11,15-16H,1H3,(H,21,26)(H,20,22,24)/t11-,15+,16-/m0/s1. The van der Waals surface area contributed by atoms with Crippen LogP contribution in [0.3, 0.4) is 0 Å². The Bertz CT molecular complexity index is 911. The van der Waals surface area contributed by atoms with Gasteiger partial charge in [0.25, 0.3) is 0 Å². The van der Waals surface area contributed by atoms with Crippen molar-refractivity contribution in [2.45, 2.75) is 19.0 Å². The Morgan fingerprint density at radius 3 is 2.62 bits per heavy atom. The summed E-state index contributed by atoms with van der Waals surface area (Å²) in [7, 11) is 0. The van der Waals surface area contributed by atoms with Crippen molar-refractivity contribution in [2.24, 2.45) is 5.92 Å². The van der Waals surface area contributed by atoms with Crippen molar-refractivity contribution >= 4 is 29.1 Å². The lowest BCUT2D eigenvalue weighted by atomic mass is 9.85. The fourth-order valence-corrected chi connectivity index (χ4v) is 3.45. The van der Waals surface area contributed by atoms with E-state index in [0.29, 0.717) is 11.0 Å². The minimum absolute atomic E-state index is 0.0997. The summed E-state index contributed by atoms with van der Waals surface area (Å²) >= 11 is 6.03. The number of aromatic nitrogens is 4. The highest BCUT2D eigenvalue weighted by Crippen LogP contribution is 2.36. The van der Waals surface area contributed by atoms with Crippen LogP contribution >= 0.6 is 11.6 Å². The van der Waals surface area contributed by atoms with E-state index in [1.165, 1.54) is 0 Å². The van der Waals surface area contributed by atoms with Gasteiger partial charge in [-0.1, -0.05) is 47.0 Å². The van der Waals surface area contributed by atoms with Gasteiger partial charge in [-0.15, -0.1) is 0 Å². The number of anilines is 2. The second-order valence-corrected chi connectivity index (χ2v) is 6.69. The van der Waals surface area contributed by atoms with Gasteiger partial charge in [0.1, 0.15) is 0 Å². The van der Waals surface area contributed by atoms with E-state index in [1.807, 2.05) is 49.4 Å². The van der Waals surface area contributed by atoms with E-state index in [0.717, 1.165) is 11.3 Å². The Hall–Kier alpha value is -2.93. The third kappa shape index (κ3) is 3.01. The van der Waals surface area contributed by atoms with Gasteiger partial charge in [0.05, 0.1) is 12.0 Å². The van der Waals surface area contributed by atoms with Crippen LogP contribution in [0.15, 0.2) is 54.6 Å². The van der Waals surface area contributed by atoms with Gasteiger partial charge in [-0.3, -0.25) is 4.79 Å². The highest BCUT2D eigenvalue weighted by molar-refractivity contribution is 6.30. The Labute approximate surface area is 155 Å². The molecule has 0 spiro atoms. The molecule has 1 aliphatic heterocycles. The molecule has 2 aromatic carbocycles. The molecule has 0 saturated carbocycles. The van der Waals surface area contributed by atoms with Crippen LogP contribution in [0, 0.1) is 5.92 Å². The van der Waals surface area contributed by atoms with Gasteiger partial charge in [0.15, 0.2) is 0 Å². The molecule has 0 saturated heterocycles. The summed E-state index contributed by atoms with van der Waals surface area (Å²) in [5.74, 6) is 0.0332. The number of para-hydroxylation sites is 1. The molecule has 2 heterocycles. The molecule has 7 nitrogen and oxygen atoms in total. The minimum Gasteiger partial charge on any atom is -0.350 e. The average molecular weight is 369 g/mol. The quantitative estimate of drug-likeness (QED) is 0.742. The molecule has 26 heavy (non-hydrogen) atoms. The van der Waals surface area contributed by atoms with Crippen LogP contribution in [0.25, 0.3) is 0 Å². The number of halogens is 1. The number of tetrazole rings is 1. The largest absolute Gasteiger partial charge is 0.350 e. The number of hydrogen-bond donors (Lipinski definition) is 2. The first-order valence-electron chi connectivity index (χ1n) is 8.29. The first-order chi connectivity index (χ1) is 12.6. The van der Waals surface area contributed by atoms with Crippen molar-refractivity contribution in [2.75, 3.05) is 10.6 Å². The highest BCUT2D eigenvalue weighted by Gasteiger charge is 2.41. The van der Waals surface area contributed by atoms with Gasteiger partial charge in [-0.05, 0) is 47.2 Å². The van der Waals surface area contributed by atoms with Gasteiger partial charge < -0.3 is 10.6 Å². The Kier molecular flexibility index (Phi) is 4.30. The number of nitrogens with zero attached hydrogens (tertiary/aromatic N) is 4. The third-order valence-corrected chi connectivity index (χ3v) is 4.80. The molecular formula is C18H17ClN6O. The number of fused-ring (bicyclic) bond motifs is 1. The van der Waals surface area contributed by atoms with Crippen LogP contribution in [0.4, 0.5) is 11.6 Å². The Balaban J connectivity index is 1.73. The van der Waals surface area contributed by atoms with Gasteiger partial charge in [-0.25, -0.2) is 4.68 Å². The maximum atomic E-state index is 13.1. The van der Waals surface area contributed by atoms with E-state index in [1.54, 1.807) is 16.8 Å². The van der Waals surface area contributed by atoms with Gasteiger partial charge in [-0.2, -0.15) is 0 Å². The van der Waals surface area contributed by atoms with Crippen LogP contribution < -0.4 is 10.6 Å². The molecule has 0 fully saturated rings. The summed E-state index contributed by atoms with van der Waals surface area (Å²) in [5.41, 5.74) is 1.67. The van der Waals surface area contributed by atoms with Crippen molar-refractivity contribution in [3.8, 4) is 0 Å². The molecule has 0 radical (unpaired) electrons. The normalized spacial score (nSPS) is 21.5. The zero-order valence-electron chi connectivity index (χ0n) is 14.0. The molecule has 8 heteroatoms. The second kappa shape index (κ2) is 6.76. The maximum absolute atomic E-state index is 13.1. The number of hydrogen-bond acceptors (Lipinski definition) is 5. The molecule has 2 N–H and O–H groups in total. The number of carbonyl (C=O) groups excluding carboxylic acids is 1. The second-order valence-electron chi connectivity index (χ2n) is 6.26. The molecule has 0 aliphatic carbocycles. The number of amides is 1. The SMILES string of the molecule is C[C@@H]1Nc2nnnn2[C@@H](c2ccc(Cl)cc2)[C@@H]1C(=O)Nc1ccccc1. The van der Waals surface area contributed by atoms with Crippen molar-refractivity contribution in [1.29, 1.82) is 0 Å². The monoisotopic (exact) mass is 368 g/mol. The molecule has 132 valence electrons. The summed E-state index contributed by atoms with van der Waals surface area (Å²) in [5, 5.41) is 18.7. The zero-order valence-corrected chi connectivity index (χ0v) is 14.8. The van der Waals surface area contributed by atoms with Crippen molar-refractivity contribution < 1.29 is 4.79 Å². The van der Waals surface area contributed by atoms with E-state index in [-0.39, 0.29) is 18.0 Å². The van der Waals surface area contributed by atoms with Gasteiger partial charge in [0, 0.05) is 16.8 Å². The first-order valence-corrected chi connectivity index (χ1v) is 8.67. The van der Waals surface area contributed by atoms with Crippen LogP contribution in [-0.2, 0) is 4.79 Å². The number of carbonyl (C=O) groups is 1. The van der Waals surface area contributed by atoms with Crippen LogP contribution in [0.5, 0.6) is 0 Å². The van der Waals surface area contributed by atoms with Gasteiger partial charge >= 0.3 is 0 Å². The molecule has 0 bridgehead atoms. The lowest BCUT2D eigenvalue weighted by molar-refractivity contribution is -0.121. The van der Waals surface area contributed by atoms with E-state index in [9.17, 15) is 4.79 Å². The zero-order chi connectivity index (χ0) is 18.1. The summed E-state index contributed by atoms with van der Waals surface area (Å²) < 4.78 is 1.65. The summed E-state index contributed by atoms with van der Waals surface area (Å²) in [6, 6.07) is 16.3. The average Bonchev–Trinajstić information content (AvgIpc) is 3.10. The summed E-state index contributed by atoms with van der Waals surface area (Å²) in [4.78, 5) is 13.1. The van der Waals surface area contributed by atoms with Crippen LogP contribution in [-0.4, -0.2) is 32.2 Å². The molecule has 3 aromatic rings. The maximum Gasteiger partial charge on any atom is 0.243 e. The lowest BCUT2D eigenvalue weighted by Gasteiger charge is -2.36. The van der Waals surface area contributed by atoms with E-state index in [2.05, 4.69) is 26.2 Å². The van der Waals surface area contributed by atoms with Gasteiger partial charge in [0.2, 0.25) is 11.9 Å². The van der Waals surface area contributed by atoms with E-state index >= 15 is 0 Å².